The number of rotatable bonds is 6. The van der Waals surface area contributed by atoms with Gasteiger partial charge in [-0.3, -0.25) is 13.7 Å². The predicted molar refractivity (Wildman–Crippen MR) is 365 cm³/mol. The van der Waals surface area contributed by atoms with Crippen molar-refractivity contribution in [2.45, 2.75) is 104 Å². The van der Waals surface area contributed by atoms with Crippen LogP contribution in [0.2, 0.25) is 0 Å². The van der Waals surface area contributed by atoms with Crippen molar-refractivity contribution in [3.63, 3.8) is 0 Å². The molecule has 16 rings (SSSR count). The Morgan fingerprint density at radius 1 is 0.466 bits per heavy atom. The fourth-order valence-corrected chi connectivity index (χ4v) is 14.3. The number of fused-ring (bicyclic) bond motifs is 14. The van der Waals surface area contributed by atoms with E-state index in [-0.39, 0.29) is 33.9 Å². The maximum absolute atomic E-state index is 9.86. The maximum atomic E-state index is 9.86. The Bertz CT molecular complexity index is 5450. The molecule has 1 aliphatic heterocycles. The lowest BCUT2D eigenvalue weighted by molar-refractivity contribution is -0.570. The molecule has 6 nitrogen and oxygen atoms in total. The summed E-state index contributed by atoms with van der Waals surface area (Å²) in [5.74, 6) is 2.09. The highest BCUT2D eigenvalue weighted by Gasteiger charge is 2.39. The van der Waals surface area contributed by atoms with Crippen molar-refractivity contribution in [3.05, 3.63) is 253 Å². The van der Waals surface area contributed by atoms with Crippen LogP contribution in [0.4, 0.5) is 0 Å². The quantitative estimate of drug-likeness (QED) is 0.123. The van der Waals surface area contributed by atoms with E-state index in [1.165, 1.54) is 16.7 Å². The first kappa shape index (κ1) is 48.3. The molecule has 0 N–H and O–H groups in total. The Balaban J connectivity index is 1.02. The third-order valence-electron chi connectivity index (χ3n) is 19.1. The van der Waals surface area contributed by atoms with E-state index in [4.69, 9.17) is 11.1 Å². The van der Waals surface area contributed by atoms with Crippen molar-refractivity contribution in [1.82, 2.24) is 18.7 Å². The minimum absolute atomic E-state index is 0.0858. The molecular weight excluding hydrogens is 1070 g/mol. The van der Waals surface area contributed by atoms with E-state index in [0.717, 1.165) is 124 Å². The largest absolute Gasteiger partial charge is 0.458 e. The number of hydrogen-bond acceptors (Lipinski definition) is 2. The lowest BCUT2D eigenvalue weighted by atomic mass is 9.62. The van der Waals surface area contributed by atoms with E-state index in [2.05, 4.69) is 264 Å². The van der Waals surface area contributed by atoms with Crippen LogP contribution in [0.5, 0.6) is 11.5 Å². The molecule has 6 heteroatoms. The molecule has 0 unspecified atom stereocenters. The third-order valence-corrected chi connectivity index (χ3v) is 19.1. The van der Waals surface area contributed by atoms with Crippen molar-refractivity contribution >= 4 is 54.6 Å². The average molecular weight is 1150 g/mol. The smallest absolute Gasteiger partial charge is 0.269 e. The molecule has 0 bridgehead atoms. The predicted octanol–water partition coefficient (Wildman–Crippen LogP) is 21.0. The van der Waals surface area contributed by atoms with Crippen molar-refractivity contribution in [2.75, 3.05) is 0 Å². The summed E-state index contributed by atoms with van der Waals surface area (Å²) in [6.07, 6.45) is 7.95. The second-order valence-corrected chi connectivity index (χ2v) is 27.7. The van der Waals surface area contributed by atoms with Gasteiger partial charge in [-0.05, 0) is 180 Å². The normalized spacial score (nSPS) is 15.1. The van der Waals surface area contributed by atoms with Crippen molar-refractivity contribution < 1.29 is 16.2 Å². The summed E-state index contributed by atoms with van der Waals surface area (Å²) < 4.78 is 63.1. The van der Waals surface area contributed by atoms with E-state index in [0.29, 0.717) is 22.7 Å². The first-order chi connectivity index (χ1) is 44.4. The molecule has 0 atom stereocenters. The Labute approximate surface area is 522 Å². The van der Waals surface area contributed by atoms with Crippen molar-refractivity contribution in [2.24, 2.45) is 0 Å². The molecule has 0 saturated heterocycles. The summed E-state index contributed by atoms with van der Waals surface area (Å²) in [6.45, 7) is 22.7. The lowest BCUT2D eigenvalue weighted by Crippen LogP contribution is -2.34. The van der Waals surface area contributed by atoms with Crippen LogP contribution in [0.3, 0.4) is 0 Å². The van der Waals surface area contributed by atoms with E-state index in [1.807, 2.05) is 24.4 Å². The van der Waals surface area contributed by atoms with Crippen LogP contribution in [0, 0.1) is 6.33 Å². The molecular formula is C82H71N5O. The maximum Gasteiger partial charge on any atom is 0.269 e. The first-order valence-electron chi connectivity index (χ1n) is 33.3. The Morgan fingerprint density at radius 2 is 1.03 bits per heavy atom. The first-order valence-corrected chi connectivity index (χ1v) is 30.8. The van der Waals surface area contributed by atoms with E-state index < -0.39 is 23.5 Å². The van der Waals surface area contributed by atoms with Gasteiger partial charge in [-0.25, -0.2) is 4.98 Å². The summed E-state index contributed by atoms with van der Waals surface area (Å²) in [5.41, 5.74) is 18.5. The van der Waals surface area contributed by atoms with Gasteiger partial charge in [-0.2, -0.15) is 0 Å². The number of pyridine rings is 1. The van der Waals surface area contributed by atoms with Gasteiger partial charge in [0.2, 0.25) is 0 Å². The molecule has 0 fully saturated rings. The lowest BCUT2D eigenvalue weighted by Gasteiger charge is -2.42. The van der Waals surface area contributed by atoms with Crippen molar-refractivity contribution in [1.29, 1.82) is 0 Å². The zero-order valence-electron chi connectivity index (χ0n) is 56.5. The summed E-state index contributed by atoms with van der Waals surface area (Å²) in [5, 5.41) is 4.49. The van der Waals surface area contributed by atoms with Crippen LogP contribution in [0.25, 0.3) is 122 Å². The van der Waals surface area contributed by atoms with Gasteiger partial charge in [0.05, 0.1) is 51.3 Å². The van der Waals surface area contributed by atoms with E-state index >= 15 is 0 Å². The van der Waals surface area contributed by atoms with Gasteiger partial charge in [-0.1, -0.05) is 203 Å². The monoisotopic (exact) mass is 1150 g/mol. The van der Waals surface area contributed by atoms with Gasteiger partial charge < -0.3 is 9.30 Å². The Kier molecular flexibility index (Phi) is 10.6. The zero-order valence-corrected chi connectivity index (χ0v) is 51.5. The van der Waals surface area contributed by atoms with Crippen LogP contribution in [-0.4, -0.2) is 18.7 Å². The topological polar surface area (TPSA) is 40.8 Å². The molecule has 88 heavy (non-hydrogen) atoms. The average Bonchev–Trinajstić information content (AvgIpc) is 1.15. The van der Waals surface area contributed by atoms with Crippen LogP contribution in [0.1, 0.15) is 111 Å². The molecule has 430 valence electrons. The second kappa shape index (κ2) is 19.4. The summed E-state index contributed by atoms with van der Waals surface area (Å²) in [4.78, 5) is 4.96. The SMILES string of the molecule is [2H]c1c([2H])c([2H])c(-c2cc(C(C)(C)C)cc3c2-[n+]2[c-]n(-c4cccc(Oc5ccc6c7ccccc7n(-c7cc(C(C)(C)C)ccn7)c6c5)c4)c4cc(-n5c6ccccc6c6ccccc65)cc(c42)-c2ccccc2-c2cc4c(cc2-3)C(C)(C)CCC4(C)C)c([2H])c1[2H]. The minimum atomic E-state index is -0.455. The number of aromatic nitrogens is 5. The highest BCUT2D eigenvalue weighted by Crippen LogP contribution is 2.53. The molecule has 0 saturated carbocycles. The van der Waals surface area contributed by atoms with Gasteiger partial charge in [0, 0.05) is 39.5 Å². The van der Waals surface area contributed by atoms with Gasteiger partial charge in [-0.15, -0.1) is 0 Å². The van der Waals surface area contributed by atoms with Gasteiger partial charge in [0.25, 0.3) is 6.33 Å². The highest BCUT2D eigenvalue weighted by atomic mass is 16.5. The molecule has 14 aromatic rings. The Hall–Kier alpha value is -9.78. The molecule has 2 aliphatic rings. The van der Waals surface area contributed by atoms with Gasteiger partial charge >= 0.3 is 0 Å². The second-order valence-electron chi connectivity index (χ2n) is 27.7. The number of benzene rings is 10. The minimum Gasteiger partial charge on any atom is -0.458 e. The number of imidazole rings is 1. The van der Waals surface area contributed by atoms with Crippen LogP contribution >= 0.6 is 0 Å². The van der Waals surface area contributed by atoms with Gasteiger partial charge in [0.1, 0.15) is 17.3 Å². The summed E-state index contributed by atoms with van der Waals surface area (Å²) in [7, 11) is 0. The summed E-state index contributed by atoms with van der Waals surface area (Å²) in [6, 6.07) is 65.2. The third kappa shape index (κ3) is 8.43. The standard InChI is InChI=1S/C82H71N5O/c1-79(2,3)52-37-40-83-76(43-52)87-73-34-21-18-31-62(73)63-36-35-57(47-74(63)87)88-56-26-22-25-54(44-56)84-50-85-77-64(51-23-12-11-13-24-51)41-53(80(4,5)6)42-67(77)66-49-70-69(81(7,8)38-39-82(70,9)10)48-65(66)58-27-14-15-28-59(58)68-45-55(46-75(84)78(68)85)86-71-32-19-16-29-60(71)61-30-17-20-33-72(61)86/h11-37,40-49H,38-39H2,1-10H3/i11D,12D,13D,23D,24D. The fraction of sp³-hybridized carbons (Fsp3) is 0.195. The molecule has 0 amide bonds. The zero-order chi connectivity index (χ0) is 64.5. The summed E-state index contributed by atoms with van der Waals surface area (Å²) >= 11 is 0. The van der Waals surface area contributed by atoms with Crippen LogP contribution < -0.4 is 9.30 Å². The number of ether oxygens (including phenoxy) is 1. The Morgan fingerprint density at radius 3 is 1.68 bits per heavy atom. The number of nitrogens with zero attached hydrogens (tertiary/aromatic N) is 5. The molecule has 1 aliphatic carbocycles. The van der Waals surface area contributed by atoms with Crippen LogP contribution in [-0.2, 0) is 21.7 Å². The van der Waals surface area contributed by atoms with E-state index in [9.17, 15) is 5.48 Å². The van der Waals surface area contributed by atoms with Gasteiger partial charge in [0.15, 0.2) is 0 Å². The molecule has 0 radical (unpaired) electrons. The van der Waals surface area contributed by atoms with Crippen LogP contribution in [0.15, 0.2) is 224 Å². The van der Waals surface area contributed by atoms with E-state index in [1.54, 1.807) is 0 Å². The molecule has 4 aromatic heterocycles. The number of para-hydroxylation sites is 3. The fourth-order valence-electron chi connectivity index (χ4n) is 14.3. The number of hydrogen-bond donors (Lipinski definition) is 0. The molecule has 0 spiro atoms. The highest BCUT2D eigenvalue weighted by molar-refractivity contribution is 6.11. The van der Waals surface area contributed by atoms with Crippen molar-refractivity contribution in [3.8, 4) is 78.9 Å². The molecule has 5 heterocycles. The molecule has 10 aromatic carbocycles.